The van der Waals surface area contributed by atoms with Gasteiger partial charge in [0.2, 0.25) is 0 Å². The Bertz CT molecular complexity index is 1200. The lowest BCUT2D eigenvalue weighted by Gasteiger charge is -2.07. The zero-order valence-corrected chi connectivity index (χ0v) is 14.5. The SMILES string of the molecule is Clc1cccc2ccc(-c3nccn3Cc3cn4ccccc4n3)nc12. The quantitative estimate of drug-likeness (QED) is 0.478. The zero-order valence-electron chi connectivity index (χ0n) is 13.7. The number of imidazole rings is 2. The Hall–Kier alpha value is -3.18. The molecule has 26 heavy (non-hydrogen) atoms. The van der Waals surface area contributed by atoms with Crippen molar-refractivity contribution in [3.8, 4) is 11.5 Å². The third kappa shape index (κ3) is 2.53. The summed E-state index contributed by atoms with van der Waals surface area (Å²) in [5.41, 5.74) is 3.47. The highest BCUT2D eigenvalue weighted by Gasteiger charge is 2.11. The van der Waals surface area contributed by atoms with Gasteiger partial charge in [-0.2, -0.15) is 0 Å². The van der Waals surface area contributed by atoms with E-state index < -0.39 is 0 Å². The summed E-state index contributed by atoms with van der Waals surface area (Å²) in [4.78, 5) is 13.9. The van der Waals surface area contributed by atoms with Gasteiger partial charge in [-0.1, -0.05) is 35.9 Å². The third-order valence-corrected chi connectivity index (χ3v) is 4.67. The predicted octanol–water partition coefficient (Wildman–Crippen LogP) is 4.45. The Labute approximate surface area is 154 Å². The van der Waals surface area contributed by atoms with Crippen LogP contribution in [0.25, 0.3) is 28.1 Å². The van der Waals surface area contributed by atoms with Crippen molar-refractivity contribution in [1.29, 1.82) is 0 Å². The van der Waals surface area contributed by atoms with Crippen molar-refractivity contribution < 1.29 is 0 Å². The van der Waals surface area contributed by atoms with Crippen LogP contribution < -0.4 is 0 Å². The molecule has 0 aliphatic rings. The molecule has 126 valence electrons. The zero-order chi connectivity index (χ0) is 17.5. The molecule has 0 N–H and O–H groups in total. The Morgan fingerprint density at radius 2 is 1.88 bits per heavy atom. The van der Waals surface area contributed by atoms with E-state index in [0.29, 0.717) is 11.6 Å². The minimum Gasteiger partial charge on any atom is -0.324 e. The number of halogens is 1. The molecule has 4 aromatic heterocycles. The van der Waals surface area contributed by atoms with Crippen LogP contribution in [0.3, 0.4) is 0 Å². The first-order chi connectivity index (χ1) is 12.8. The Balaban J connectivity index is 1.55. The van der Waals surface area contributed by atoms with Gasteiger partial charge >= 0.3 is 0 Å². The number of para-hydroxylation sites is 1. The lowest BCUT2D eigenvalue weighted by atomic mass is 10.2. The molecule has 0 spiro atoms. The van der Waals surface area contributed by atoms with Crippen LogP contribution >= 0.6 is 11.6 Å². The van der Waals surface area contributed by atoms with E-state index in [9.17, 15) is 0 Å². The number of rotatable bonds is 3. The fourth-order valence-electron chi connectivity index (χ4n) is 3.14. The van der Waals surface area contributed by atoms with E-state index in [1.54, 1.807) is 6.20 Å². The molecule has 5 aromatic rings. The van der Waals surface area contributed by atoms with Crippen LogP contribution in [0.2, 0.25) is 5.02 Å². The molecular formula is C20H14ClN5. The summed E-state index contributed by atoms with van der Waals surface area (Å²) in [5, 5.41) is 1.66. The molecule has 0 atom stereocenters. The number of benzene rings is 1. The number of aromatic nitrogens is 5. The van der Waals surface area contributed by atoms with Crippen molar-refractivity contribution in [1.82, 2.24) is 23.9 Å². The van der Waals surface area contributed by atoms with Gasteiger partial charge < -0.3 is 8.97 Å². The van der Waals surface area contributed by atoms with Gasteiger partial charge in [0, 0.05) is 30.2 Å². The Kier molecular flexibility index (Phi) is 3.47. The first-order valence-corrected chi connectivity index (χ1v) is 8.65. The monoisotopic (exact) mass is 359 g/mol. The standard InChI is InChI=1S/C20H14ClN5/c21-16-5-3-4-14-7-8-17(24-19(14)16)20-22-9-11-26(20)13-15-12-25-10-2-1-6-18(25)23-15/h1-12H,13H2. The van der Waals surface area contributed by atoms with Crippen LogP contribution in [0.1, 0.15) is 5.69 Å². The van der Waals surface area contributed by atoms with Crippen LogP contribution in [0, 0.1) is 0 Å². The van der Waals surface area contributed by atoms with E-state index in [0.717, 1.165) is 33.8 Å². The summed E-state index contributed by atoms with van der Waals surface area (Å²) in [6, 6.07) is 15.7. The molecule has 0 saturated carbocycles. The average Bonchev–Trinajstić information content (AvgIpc) is 3.28. The average molecular weight is 360 g/mol. The summed E-state index contributed by atoms with van der Waals surface area (Å²) < 4.78 is 4.06. The van der Waals surface area contributed by atoms with E-state index in [2.05, 4.69) is 9.97 Å². The summed E-state index contributed by atoms with van der Waals surface area (Å²) in [7, 11) is 0. The van der Waals surface area contributed by atoms with E-state index in [4.69, 9.17) is 16.6 Å². The van der Waals surface area contributed by atoms with Crippen LogP contribution in [-0.2, 0) is 6.54 Å². The van der Waals surface area contributed by atoms with Crippen LogP contribution in [0.5, 0.6) is 0 Å². The van der Waals surface area contributed by atoms with E-state index >= 15 is 0 Å². The second-order valence-electron chi connectivity index (χ2n) is 6.09. The Morgan fingerprint density at radius 1 is 0.923 bits per heavy atom. The van der Waals surface area contributed by atoms with Gasteiger partial charge in [0.1, 0.15) is 11.3 Å². The van der Waals surface area contributed by atoms with E-state index in [1.165, 1.54) is 0 Å². The minimum atomic E-state index is 0.624. The summed E-state index contributed by atoms with van der Waals surface area (Å²) in [6.45, 7) is 0.624. The van der Waals surface area contributed by atoms with Crippen molar-refractivity contribution in [2.75, 3.05) is 0 Å². The van der Waals surface area contributed by atoms with Crippen molar-refractivity contribution in [2.24, 2.45) is 0 Å². The summed E-state index contributed by atoms with van der Waals surface area (Å²) in [5.74, 6) is 0.795. The van der Waals surface area contributed by atoms with Gasteiger partial charge in [-0.05, 0) is 24.3 Å². The molecule has 4 heterocycles. The van der Waals surface area contributed by atoms with Crippen molar-refractivity contribution >= 4 is 28.2 Å². The molecule has 5 nitrogen and oxygen atoms in total. The van der Waals surface area contributed by atoms with E-state index in [-0.39, 0.29) is 0 Å². The molecular weight excluding hydrogens is 346 g/mol. The number of fused-ring (bicyclic) bond motifs is 2. The van der Waals surface area contributed by atoms with Gasteiger partial charge in [-0.3, -0.25) is 0 Å². The van der Waals surface area contributed by atoms with Crippen LogP contribution in [0.15, 0.2) is 73.3 Å². The topological polar surface area (TPSA) is 48.0 Å². The van der Waals surface area contributed by atoms with Gasteiger partial charge in [0.25, 0.3) is 0 Å². The molecule has 0 saturated heterocycles. The number of pyridine rings is 2. The molecule has 0 radical (unpaired) electrons. The number of hydrogen-bond acceptors (Lipinski definition) is 3. The fraction of sp³-hybridized carbons (Fsp3) is 0.0500. The van der Waals surface area contributed by atoms with Crippen molar-refractivity contribution in [3.63, 3.8) is 0 Å². The van der Waals surface area contributed by atoms with Gasteiger partial charge in [-0.15, -0.1) is 0 Å². The van der Waals surface area contributed by atoms with Crippen molar-refractivity contribution in [3.05, 3.63) is 84.0 Å². The highest BCUT2D eigenvalue weighted by Crippen LogP contribution is 2.25. The van der Waals surface area contributed by atoms with Gasteiger partial charge in [-0.25, -0.2) is 15.0 Å². The second-order valence-corrected chi connectivity index (χ2v) is 6.49. The van der Waals surface area contributed by atoms with E-state index in [1.807, 2.05) is 76.1 Å². The maximum atomic E-state index is 6.30. The normalized spacial score (nSPS) is 11.4. The molecule has 0 amide bonds. The molecule has 0 unspecified atom stereocenters. The largest absolute Gasteiger partial charge is 0.324 e. The summed E-state index contributed by atoms with van der Waals surface area (Å²) >= 11 is 6.30. The lowest BCUT2D eigenvalue weighted by Crippen LogP contribution is -2.02. The maximum absolute atomic E-state index is 6.30. The lowest BCUT2D eigenvalue weighted by molar-refractivity contribution is 0.786. The first kappa shape index (κ1) is 15.1. The minimum absolute atomic E-state index is 0.624. The summed E-state index contributed by atoms with van der Waals surface area (Å²) in [6.07, 6.45) is 7.75. The molecule has 0 aliphatic carbocycles. The van der Waals surface area contributed by atoms with Gasteiger partial charge in [0.05, 0.1) is 22.8 Å². The highest BCUT2D eigenvalue weighted by molar-refractivity contribution is 6.35. The van der Waals surface area contributed by atoms with Crippen molar-refractivity contribution in [2.45, 2.75) is 6.54 Å². The Morgan fingerprint density at radius 3 is 2.81 bits per heavy atom. The predicted molar refractivity (Wildman–Crippen MR) is 102 cm³/mol. The molecule has 0 aliphatic heterocycles. The smallest absolute Gasteiger partial charge is 0.159 e. The maximum Gasteiger partial charge on any atom is 0.159 e. The molecule has 5 rings (SSSR count). The molecule has 0 fully saturated rings. The molecule has 6 heteroatoms. The van der Waals surface area contributed by atoms with Crippen LogP contribution in [-0.4, -0.2) is 23.9 Å². The van der Waals surface area contributed by atoms with Crippen LogP contribution in [0.4, 0.5) is 0 Å². The highest BCUT2D eigenvalue weighted by atomic mass is 35.5. The molecule has 0 bridgehead atoms. The fourth-order valence-corrected chi connectivity index (χ4v) is 3.37. The number of nitrogens with zero attached hydrogens (tertiary/aromatic N) is 5. The third-order valence-electron chi connectivity index (χ3n) is 4.36. The first-order valence-electron chi connectivity index (χ1n) is 8.27. The second kappa shape index (κ2) is 5.97. The number of hydrogen-bond donors (Lipinski definition) is 0. The molecule has 1 aromatic carbocycles. The van der Waals surface area contributed by atoms with Gasteiger partial charge in [0.15, 0.2) is 5.82 Å².